The third-order valence-corrected chi connectivity index (χ3v) is 3.16. The lowest BCUT2D eigenvalue weighted by Gasteiger charge is -2.18. The summed E-state index contributed by atoms with van der Waals surface area (Å²) in [6.45, 7) is 3.74. The van der Waals surface area contributed by atoms with Crippen molar-refractivity contribution in [2.75, 3.05) is 0 Å². The first-order chi connectivity index (χ1) is 7.84. The molecule has 0 amide bonds. The second-order valence-corrected chi connectivity index (χ2v) is 4.99. The fourth-order valence-corrected chi connectivity index (χ4v) is 2.45. The second-order valence-electron chi connectivity index (χ2n) is 4.14. The highest BCUT2D eigenvalue weighted by Gasteiger charge is 2.23. The molecule has 0 aromatic heterocycles. The van der Waals surface area contributed by atoms with Crippen LogP contribution in [0.3, 0.4) is 0 Å². The zero-order chi connectivity index (χ0) is 13.2. The lowest BCUT2D eigenvalue weighted by atomic mass is 9.89. The Labute approximate surface area is 110 Å². The molecule has 1 rings (SSSR count). The van der Waals surface area contributed by atoms with Crippen molar-refractivity contribution < 1.29 is 13.6 Å². The predicted octanol–water partition coefficient (Wildman–Crippen LogP) is 4.47. The van der Waals surface area contributed by atoms with Crippen LogP contribution in [0, 0.1) is 5.92 Å². The fourth-order valence-electron chi connectivity index (χ4n) is 1.73. The minimum absolute atomic E-state index is 0.0160. The molecule has 0 saturated heterocycles. The quantitative estimate of drug-likeness (QED) is 0.804. The molecule has 1 unspecified atom stereocenters. The van der Waals surface area contributed by atoms with Crippen LogP contribution in [0.2, 0.25) is 5.02 Å². The summed E-state index contributed by atoms with van der Waals surface area (Å²) in [5.74, 6) is -0.393. The molecule has 0 saturated carbocycles. The van der Waals surface area contributed by atoms with Crippen molar-refractivity contribution >= 4 is 29.3 Å². The first-order valence-corrected chi connectivity index (χ1v) is 5.97. The smallest absolute Gasteiger partial charge is 0.265 e. The van der Waals surface area contributed by atoms with E-state index in [0.29, 0.717) is 5.56 Å². The molecule has 1 aromatic carbocycles. The SMILES string of the molecule is CC(C)C(C(=O)S)c1ccc(C(F)F)c(Cl)c1. The number of rotatable bonds is 4. The molecule has 1 atom stereocenters. The maximum absolute atomic E-state index is 12.5. The Hall–Kier alpha value is -0.610. The summed E-state index contributed by atoms with van der Waals surface area (Å²) < 4.78 is 25.0. The number of halogens is 3. The van der Waals surface area contributed by atoms with E-state index in [2.05, 4.69) is 12.6 Å². The van der Waals surface area contributed by atoms with Crippen LogP contribution in [0.1, 0.15) is 37.3 Å². The van der Waals surface area contributed by atoms with Gasteiger partial charge in [0.25, 0.3) is 6.43 Å². The van der Waals surface area contributed by atoms with E-state index in [1.165, 1.54) is 18.2 Å². The van der Waals surface area contributed by atoms with Gasteiger partial charge in [-0.25, -0.2) is 8.78 Å². The molecular weight excluding hydrogens is 266 g/mol. The lowest BCUT2D eigenvalue weighted by molar-refractivity contribution is -0.112. The van der Waals surface area contributed by atoms with Crippen molar-refractivity contribution in [3.8, 4) is 0 Å². The van der Waals surface area contributed by atoms with Crippen molar-refractivity contribution in [1.29, 1.82) is 0 Å². The zero-order valence-electron chi connectivity index (χ0n) is 9.45. The average molecular weight is 279 g/mol. The summed E-state index contributed by atoms with van der Waals surface area (Å²) >= 11 is 9.58. The van der Waals surface area contributed by atoms with Crippen LogP contribution in [0.15, 0.2) is 18.2 Å². The summed E-state index contributed by atoms with van der Waals surface area (Å²) in [6, 6.07) is 4.18. The summed E-state index contributed by atoms with van der Waals surface area (Å²) in [5, 5.41) is -0.307. The van der Waals surface area contributed by atoms with E-state index in [4.69, 9.17) is 11.6 Å². The average Bonchev–Trinajstić information content (AvgIpc) is 2.15. The van der Waals surface area contributed by atoms with Gasteiger partial charge < -0.3 is 0 Å². The molecule has 0 aliphatic carbocycles. The van der Waals surface area contributed by atoms with E-state index in [0.717, 1.165) is 0 Å². The predicted molar refractivity (Wildman–Crippen MR) is 68.0 cm³/mol. The van der Waals surface area contributed by atoms with Gasteiger partial charge in [0.05, 0.1) is 5.92 Å². The van der Waals surface area contributed by atoms with Gasteiger partial charge in [-0.3, -0.25) is 4.79 Å². The largest absolute Gasteiger partial charge is 0.287 e. The molecule has 1 nitrogen and oxygen atoms in total. The Morgan fingerprint density at radius 3 is 2.29 bits per heavy atom. The molecule has 1 aromatic rings. The van der Waals surface area contributed by atoms with Crippen molar-refractivity contribution in [1.82, 2.24) is 0 Å². The minimum Gasteiger partial charge on any atom is -0.287 e. The van der Waals surface area contributed by atoms with Gasteiger partial charge >= 0.3 is 0 Å². The van der Waals surface area contributed by atoms with Gasteiger partial charge in [-0.1, -0.05) is 37.6 Å². The van der Waals surface area contributed by atoms with Gasteiger partial charge in [0.1, 0.15) is 0 Å². The van der Waals surface area contributed by atoms with Crippen molar-refractivity contribution in [3.05, 3.63) is 34.3 Å². The second kappa shape index (κ2) is 5.83. The lowest BCUT2D eigenvalue weighted by Crippen LogP contribution is -2.13. The number of benzene rings is 1. The molecule has 0 N–H and O–H groups in total. The van der Waals surface area contributed by atoms with E-state index >= 15 is 0 Å². The third kappa shape index (κ3) is 3.42. The van der Waals surface area contributed by atoms with Gasteiger partial charge in [-0.05, 0) is 17.5 Å². The highest BCUT2D eigenvalue weighted by Crippen LogP contribution is 2.33. The highest BCUT2D eigenvalue weighted by atomic mass is 35.5. The van der Waals surface area contributed by atoms with Crippen molar-refractivity contribution in [2.45, 2.75) is 26.2 Å². The van der Waals surface area contributed by atoms with Crippen LogP contribution in [0.25, 0.3) is 0 Å². The molecular formula is C12H13ClF2OS. The fraction of sp³-hybridized carbons (Fsp3) is 0.417. The van der Waals surface area contributed by atoms with E-state index < -0.39 is 12.3 Å². The Morgan fingerprint density at radius 2 is 1.94 bits per heavy atom. The Morgan fingerprint density at radius 1 is 1.35 bits per heavy atom. The summed E-state index contributed by atoms with van der Waals surface area (Å²) in [6.07, 6.45) is -2.61. The van der Waals surface area contributed by atoms with Gasteiger partial charge in [-0.15, -0.1) is 12.6 Å². The molecule has 0 aliphatic heterocycles. The molecule has 0 fully saturated rings. The van der Waals surface area contributed by atoms with Gasteiger partial charge in [0, 0.05) is 10.6 Å². The van der Waals surface area contributed by atoms with Crippen LogP contribution in [0.4, 0.5) is 8.78 Å². The number of carbonyl (C=O) groups is 1. The van der Waals surface area contributed by atoms with Crippen LogP contribution in [-0.4, -0.2) is 5.12 Å². The van der Waals surface area contributed by atoms with E-state index in [9.17, 15) is 13.6 Å². The molecule has 0 bridgehead atoms. The molecule has 0 spiro atoms. The van der Waals surface area contributed by atoms with Gasteiger partial charge in [0.15, 0.2) is 5.12 Å². The van der Waals surface area contributed by atoms with E-state index in [1.54, 1.807) is 0 Å². The number of alkyl halides is 2. The first-order valence-electron chi connectivity index (χ1n) is 5.15. The minimum atomic E-state index is -2.61. The molecule has 0 aliphatic rings. The normalized spacial score (nSPS) is 13.2. The highest BCUT2D eigenvalue weighted by molar-refractivity contribution is 7.96. The molecule has 5 heteroatoms. The number of thiol groups is 1. The maximum Gasteiger partial charge on any atom is 0.265 e. The van der Waals surface area contributed by atoms with Crippen LogP contribution in [0.5, 0.6) is 0 Å². The van der Waals surface area contributed by atoms with Crippen LogP contribution in [-0.2, 0) is 4.79 Å². The Bertz CT molecular complexity index is 421. The maximum atomic E-state index is 12.5. The molecule has 17 heavy (non-hydrogen) atoms. The van der Waals surface area contributed by atoms with Gasteiger partial charge in [0.2, 0.25) is 0 Å². The summed E-state index contributed by atoms with van der Waals surface area (Å²) in [7, 11) is 0. The standard InChI is InChI=1S/C12H13ClF2OS/c1-6(2)10(12(16)17)7-3-4-8(11(14)15)9(13)5-7/h3-6,10-11H,1-2H3,(H,16,17). The van der Waals surface area contributed by atoms with E-state index in [1.807, 2.05) is 13.8 Å². The molecule has 0 heterocycles. The molecule has 94 valence electrons. The number of hydrogen-bond donors (Lipinski definition) is 1. The number of hydrogen-bond acceptors (Lipinski definition) is 1. The van der Waals surface area contributed by atoms with Crippen LogP contribution >= 0.6 is 24.2 Å². The van der Waals surface area contributed by atoms with Crippen molar-refractivity contribution in [3.63, 3.8) is 0 Å². The topological polar surface area (TPSA) is 17.1 Å². The third-order valence-electron chi connectivity index (χ3n) is 2.55. The van der Waals surface area contributed by atoms with E-state index in [-0.39, 0.29) is 21.6 Å². The summed E-state index contributed by atoms with van der Waals surface area (Å²) in [5.41, 5.74) is 0.402. The summed E-state index contributed by atoms with van der Waals surface area (Å²) in [4.78, 5) is 11.4. The zero-order valence-corrected chi connectivity index (χ0v) is 11.1. The Balaban J connectivity index is 3.15. The first kappa shape index (κ1) is 14.5. The number of carbonyl (C=O) groups excluding carboxylic acids is 1. The van der Waals surface area contributed by atoms with Crippen molar-refractivity contribution in [2.24, 2.45) is 5.92 Å². The van der Waals surface area contributed by atoms with Gasteiger partial charge in [-0.2, -0.15) is 0 Å². The van der Waals surface area contributed by atoms with Crippen LogP contribution < -0.4 is 0 Å². The monoisotopic (exact) mass is 278 g/mol. The Kier molecular flexibility index (Phi) is 4.95. The molecule has 0 radical (unpaired) electrons.